The van der Waals surface area contributed by atoms with Crippen LogP contribution < -0.4 is 0 Å². The molecule has 0 atom stereocenters. The minimum atomic E-state index is -2.06. The van der Waals surface area contributed by atoms with Crippen molar-refractivity contribution < 1.29 is 8.78 Å². The highest BCUT2D eigenvalue weighted by atomic mass is 19.3. The SMILES string of the molecule is FC(F)CC1CC1. The highest BCUT2D eigenvalue weighted by Gasteiger charge is 2.24. The van der Waals surface area contributed by atoms with Gasteiger partial charge in [-0.1, -0.05) is 0 Å². The Morgan fingerprint density at radius 1 is 1.43 bits per heavy atom. The Kier molecular flexibility index (Phi) is 1.26. The van der Waals surface area contributed by atoms with E-state index in [2.05, 4.69) is 0 Å². The van der Waals surface area contributed by atoms with Crippen molar-refractivity contribution in [2.24, 2.45) is 5.92 Å². The molecular formula is C5H8F2. The number of hydrogen-bond acceptors (Lipinski definition) is 0. The summed E-state index contributed by atoms with van der Waals surface area (Å²) in [4.78, 5) is 0. The van der Waals surface area contributed by atoms with Crippen LogP contribution in [-0.2, 0) is 0 Å². The monoisotopic (exact) mass is 106 g/mol. The first kappa shape index (κ1) is 5.01. The van der Waals surface area contributed by atoms with Crippen molar-refractivity contribution in [1.82, 2.24) is 0 Å². The minimum Gasteiger partial charge on any atom is -0.211 e. The molecule has 1 aliphatic carbocycles. The third kappa shape index (κ3) is 1.86. The number of halogens is 2. The zero-order valence-corrected chi connectivity index (χ0v) is 4.03. The van der Waals surface area contributed by atoms with E-state index in [1.807, 2.05) is 0 Å². The van der Waals surface area contributed by atoms with Crippen LogP contribution >= 0.6 is 0 Å². The van der Waals surface area contributed by atoms with Crippen LogP contribution in [0.3, 0.4) is 0 Å². The van der Waals surface area contributed by atoms with E-state index in [9.17, 15) is 8.78 Å². The summed E-state index contributed by atoms with van der Waals surface area (Å²) in [6, 6.07) is 0. The van der Waals surface area contributed by atoms with Gasteiger partial charge in [0.15, 0.2) is 0 Å². The number of rotatable bonds is 2. The standard InChI is InChI=1S/C5H8F2/c6-5(7)3-4-1-2-4/h4-5H,1-3H2. The Balaban J connectivity index is 1.97. The second-order valence-electron chi connectivity index (χ2n) is 2.07. The van der Waals surface area contributed by atoms with Gasteiger partial charge in [0.1, 0.15) is 0 Å². The number of alkyl halides is 2. The predicted octanol–water partition coefficient (Wildman–Crippen LogP) is 2.05. The fourth-order valence-electron chi connectivity index (χ4n) is 0.606. The zero-order chi connectivity index (χ0) is 5.28. The van der Waals surface area contributed by atoms with E-state index < -0.39 is 6.43 Å². The molecule has 1 aliphatic rings. The second kappa shape index (κ2) is 1.76. The Morgan fingerprint density at radius 2 is 2.00 bits per heavy atom. The van der Waals surface area contributed by atoms with Gasteiger partial charge in [0.2, 0.25) is 6.43 Å². The van der Waals surface area contributed by atoms with E-state index in [-0.39, 0.29) is 6.42 Å². The van der Waals surface area contributed by atoms with Gasteiger partial charge in [0, 0.05) is 6.42 Å². The molecule has 7 heavy (non-hydrogen) atoms. The molecule has 0 radical (unpaired) electrons. The van der Waals surface area contributed by atoms with E-state index in [0.717, 1.165) is 12.8 Å². The molecule has 0 aromatic carbocycles. The summed E-state index contributed by atoms with van der Waals surface area (Å²) in [6.45, 7) is 0. The summed E-state index contributed by atoms with van der Waals surface area (Å²) in [5.74, 6) is 0.375. The minimum absolute atomic E-state index is 0.139. The van der Waals surface area contributed by atoms with Gasteiger partial charge in [0.25, 0.3) is 0 Å². The lowest BCUT2D eigenvalue weighted by Gasteiger charge is -1.90. The first-order chi connectivity index (χ1) is 3.29. The molecule has 0 bridgehead atoms. The molecule has 0 aromatic heterocycles. The lowest BCUT2D eigenvalue weighted by atomic mass is 10.3. The fraction of sp³-hybridized carbons (Fsp3) is 1.00. The highest BCUT2D eigenvalue weighted by molar-refractivity contribution is 4.73. The van der Waals surface area contributed by atoms with Crippen LogP contribution in [0, 0.1) is 5.92 Å². The van der Waals surface area contributed by atoms with Crippen LogP contribution in [0.2, 0.25) is 0 Å². The molecule has 0 aliphatic heterocycles. The van der Waals surface area contributed by atoms with Crippen molar-refractivity contribution in [3.05, 3.63) is 0 Å². The maximum Gasteiger partial charge on any atom is 0.238 e. The molecule has 1 rings (SSSR count). The van der Waals surface area contributed by atoms with Crippen LogP contribution in [0.5, 0.6) is 0 Å². The van der Waals surface area contributed by atoms with E-state index in [4.69, 9.17) is 0 Å². The van der Waals surface area contributed by atoms with E-state index in [1.165, 1.54) is 0 Å². The van der Waals surface area contributed by atoms with Gasteiger partial charge in [0.05, 0.1) is 0 Å². The van der Waals surface area contributed by atoms with Gasteiger partial charge in [-0.3, -0.25) is 0 Å². The number of hydrogen-bond donors (Lipinski definition) is 0. The fourth-order valence-corrected chi connectivity index (χ4v) is 0.606. The van der Waals surface area contributed by atoms with Crippen molar-refractivity contribution in [2.75, 3.05) is 0 Å². The van der Waals surface area contributed by atoms with Gasteiger partial charge in [-0.25, -0.2) is 8.78 Å². The molecule has 0 unspecified atom stereocenters. The van der Waals surface area contributed by atoms with Crippen LogP contribution in [0.15, 0.2) is 0 Å². The molecule has 1 saturated carbocycles. The summed E-state index contributed by atoms with van der Waals surface area (Å²) in [5, 5.41) is 0. The van der Waals surface area contributed by atoms with Gasteiger partial charge < -0.3 is 0 Å². The van der Waals surface area contributed by atoms with E-state index >= 15 is 0 Å². The molecule has 0 amide bonds. The van der Waals surface area contributed by atoms with Crippen molar-refractivity contribution in [3.63, 3.8) is 0 Å². The molecule has 1 fully saturated rings. The van der Waals surface area contributed by atoms with Crippen LogP contribution in [-0.4, -0.2) is 6.43 Å². The molecule has 42 valence electrons. The molecule has 0 nitrogen and oxygen atoms in total. The first-order valence-corrected chi connectivity index (χ1v) is 2.57. The summed E-state index contributed by atoms with van der Waals surface area (Å²) in [7, 11) is 0. The lowest BCUT2D eigenvalue weighted by Crippen LogP contribution is -1.89. The Labute approximate surface area is 41.5 Å². The molecular weight excluding hydrogens is 98.1 g/mol. The molecule has 0 heterocycles. The van der Waals surface area contributed by atoms with Crippen molar-refractivity contribution >= 4 is 0 Å². The van der Waals surface area contributed by atoms with Crippen molar-refractivity contribution in [3.8, 4) is 0 Å². The molecule has 0 saturated heterocycles. The molecule has 0 aromatic rings. The summed E-state index contributed by atoms with van der Waals surface area (Å²) in [5.41, 5.74) is 0. The second-order valence-corrected chi connectivity index (χ2v) is 2.07. The largest absolute Gasteiger partial charge is 0.238 e. The van der Waals surface area contributed by atoms with Gasteiger partial charge >= 0.3 is 0 Å². The average Bonchev–Trinajstić information content (AvgIpc) is 2.17. The average molecular weight is 106 g/mol. The van der Waals surface area contributed by atoms with Crippen LogP contribution in [0.25, 0.3) is 0 Å². The topological polar surface area (TPSA) is 0 Å². The molecule has 2 heteroatoms. The van der Waals surface area contributed by atoms with E-state index in [0.29, 0.717) is 5.92 Å². The molecule has 0 spiro atoms. The predicted molar refractivity (Wildman–Crippen MR) is 23.3 cm³/mol. The summed E-state index contributed by atoms with van der Waals surface area (Å²) >= 11 is 0. The van der Waals surface area contributed by atoms with Gasteiger partial charge in [-0.2, -0.15) is 0 Å². The quantitative estimate of drug-likeness (QED) is 0.505. The maximum atomic E-state index is 11.3. The smallest absolute Gasteiger partial charge is 0.211 e. The zero-order valence-electron chi connectivity index (χ0n) is 4.03. The summed E-state index contributed by atoms with van der Waals surface area (Å²) < 4.78 is 22.7. The Hall–Kier alpha value is -0.140. The lowest BCUT2D eigenvalue weighted by molar-refractivity contribution is 0.130. The normalized spacial score (nSPS) is 21.0. The Bertz CT molecular complexity index is 57.1. The first-order valence-electron chi connectivity index (χ1n) is 2.57. The third-order valence-electron chi connectivity index (χ3n) is 1.21. The van der Waals surface area contributed by atoms with Gasteiger partial charge in [-0.15, -0.1) is 0 Å². The molecule has 0 N–H and O–H groups in total. The van der Waals surface area contributed by atoms with Gasteiger partial charge in [-0.05, 0) is 18.8 Å². The van der Waals surface area contributed by atoms with E-state index in [1.54, 1.807) is 0 Å². The highest BCUT2D eigenvalue weighted by Crippen LogP contribution is 2.34. The Morgan fingerprint density at radius 3 is 2.14 bits per heavy atom. The summed E-state index contributed by atoms with van der Waals surface area (Å²) in [6.07, 6.45) is 0.141. The van der Waals surface area contributed by atoms with Crippen molar-refractivity contribution in [2.45, 2.75) is 25.7 Å². The third-order valence-corrected chi connectivity index (χ3v) is 1.21. The van der Waals surface area contributed by atoms with Crippen molar-refractivity contribution in [1.29, 1.82) is 0 Å². The van der Waals surface area contributed by atoms with Crippen LogP contribution in [0.4, 0.5) is 8.78 Å². The maximum absolute atomic E-state index is 11.3. The van der Waals surface area contributed by atoms with Crippen LogP contribution in [0.1, 0.15) is 19.3 Å².